The van der Waals surface area contributed by atoms with Crippen LogP contribution in [0.4, 0.5) is 16.3 Å². The number of nitrogens with zero attached hydrogens (tertiary/aromatic N) is 3. The fourth-order valence-electron chi connectivity index (χ4n) is 3.45. The van der Waals surface area contributed by atoms with E-state index in [2.05, 4.69) is 32.7 Å². The standard InChI is InChI=1S/C24H27N5O3/c1-5-14-8-9-25-13-18(14)16-10-17-12-20(27-22(30)15-6-7-15)28-29-21(17)19(11-16)26-23(31)32-24(2,3)4/h8-13,15H,5-7H2,1-4H3,(H,26,31)(H,27,28,30). The summed E-state index contributed by atoms with van der Waals surface area (Å²) >= 11 is 0. The van der Waals surface area contributed by atoms with Crippen LogP contribution >= 0.6 is 0 Å². The molecule has 0 unspecified atom stereocenters. The van der Waals surface area contributed by atoms with Gasteiger partial charge in [-0.15, -0.1) is 10.2 Å². The van der Waals surface area contributed by atoms with E-state index in [0.29, 0.717) is 17.0 Å². The highest BCUT2D eigenvalue weighted by molar-refractivity contribution is 6.02. The van der Waals surface area contributed by atoms with Crippen molar-refractivity contribution in [2.45, 2.75) is 52.6 Å². The molecule has 0 aliphatic heterocycles. The van der Waals surface area contributed by atoms with Crippen molar-refractivity contribution in [3.8, 4) is 11.1 Å². The van der Waals surface area contributed by atoms with Crippen molar-refractivity contribution in [3.63, 3.8) is 0 Å². The summed E-state index contributed by atoms with van der Waals surface area (Å²) in [5, 5.41) is 14.8. The highest BCUT2D eigenvalue weighted by Gasteiger charge is 2.30. The first-order chi connectivity index (χ1) is 15.2. The Morgan fingerprint density at radius 3 is 2.59 bits per heavy atom. The lowest BCUT2D eigenvalue weighted by Crippen LogP contribution is -2.27. The third kappa shape index (κ3) is 5.01. The Labute approximate surface area is 186 Å². The number of anilines is 2. The van der Waals surface area contributed by atoms with Gasteiger partial charge in [0.15, 0.2) is 5.82 Å². The SMILES string of the molecule is CCc1ccncc1-c1cc(NC(=O)OC(C)(C)C)c2nnc(NC(=O)C3CC3)cc2c1. The van der Waals surface area contributed by atoms with Crippen LogP contribution in [-0.2, 0) is 16.0 Å². The number of aromatic nitrogens is 3. The average molecular weight is 434 g/mol. The van der Waals surface area contributed by atoms with Gasteiger partial charge in [-0.1, -0.05) is 6.92 Å². The van der Waals surface area contributed by atoms with Crippen LogP contribution in [0.1, 0.15) is 46.1 Å². The van der Waals surface area contributed by atoms with E-state index in [0.717, 1.165) is 41.3 Å². The second-order valence-corrected chi connectivity index (χ2v) is 8.97. The van der Waals surface area contributed by atoms with Gasteiger partial charge in [-0.3, -0.25) is 15.1 Å². The molecule has 0 spiro atoms. The van der Waals surface area contributed by atoms with E-state index in [4.69, 9.17) is 4.74 Å². The largest absolute Gasteiger partial charge is 0.444 e. The Bertz CT molecular complexity index is 1180. The maximum Gasteiger partial charge on any atom is 0.412 e. The predicted molar refractivity (Wildman–Crippen MR) is 123 cm³/mol. The predicted octanol–water partition coefficient (Wildman–Crippen LogP) is 4.95. The Morgan fingerprint density at radius 1 is 1.12 bits per heavy atom. The number of hydrogen-bond donors (Lipinski definition) is 2. The number of amides is 2. The molecule has 0 radical (unpaired) electrons. The number of fused-ring (bicyclic) bond motifs is 1. The first kappa shape index (κ1) is 21.7. The highest BCUT2D eigenvalue weighted by atomic mass is 16.6. The third-order valence-electron chi connectivity index (χ3n) is 5.13. The normalized spacial score (nSPS) is 13.6. The quantitative estimate of drug-likeness (QED) is 0.590. The zero-order valence-electron chi connectivity index (χ0n) is 18.7. The van der Waals surface area contributed by atoms with E-state index in [-0.39, 0.29) is 11.8 Å². The summed E-state index contributed by atoms with van der Waals surface area (Å²) in [6, 6.07) is 7.56. The van der Waals surface area contributed by atoms with Gasteiger partial charge in [-0.25, -0.2) is 4.79 Å². The number of pyridine rings is 1. The average Bonchev–Trinajstić information content (AvgIpc) is 3.57. The maximum absolute atomic E-state index is 12.5. The van der Waals surface area contributed by atoms with Crippen molar-refractivity contribution in [1.29, 1.82) is 0 Å². The molecule has 32 heavy (non-hydrogen) atoms. The van der Waals surface area contributed by atoms with Gasteiger partial charge in [0, 0.05) is 29.3 Å². The minimum absolute atomic E-state index is 0.0394. The number of carbonyl (C=O) groups is 2. The summed E-state index contributed by atoms with van der Waals surface area (Å²) in [5.41, 5.74) is 3.32. The van der Waals surface area contributed by atoms with E-state index >= 15 is 0 Å². The number of rotatable bonds is 5. The van der Waals surface area contributed by atoms with Crippen LogP contribution in [0.15, 0.2) is 36.7 Å². The molecule has 2 aromatic heterocycles. The van der Waals surface area contributed by atoms with E-state index in [1.807, 2.05) is 24.4 Å². The number of ether oxygens (including phenoxy) is 1. The van der Waals surface area contributed by atoms with E-state index in [1.54, 1.807) is 33.0 Å². The summed E-state index contributed by atoms with van der Waals surface area (Å²) in [4.78, 5) is 28.9. The van der Waals surface area contributed by atoms with Crippen molar-refractivity contribution in [2.75, 3.05) is 10.6 Å². The minimum atomic E-state index is -0.637. The van der Waals surface area contributed by atoms with Crippen LogP contribution in [-0.4, -0.2) is 32.8 Å². The van der Waals surface area contributed by atoms with Crippen molar-refractivity contribution < 1.29 is 14.3 Å². The van der Waals surface area contributed by atoms with Gasteiger partial charge in [0.2, 0.25) is 5.91 Å². The van der Waals surface area contributed by atoms with Crippen molar-refractivity contribution in [2.24, 2.45) is 5.92 Å². The Balaban J connectivity index is 1.78. The minimum Gasteiger partial charge on any atom is -0.444 e. The Morgan fingerprint density at radius 2 is 1.91 bits per heavy atom. The number of carbonyl (C=O) groups excluding carboxylic acids is 2. The van der Waals surface area contributed by atoms with Gasteiger partial charge in [-0.05, 0) is 75.4 Å². The summed E-state index contributed by atoms with van der Waals surface area (Å²) in [7, 11) is 0. The molecule has 0 saturated heterocycles. The van der Waals surface area contributed by atoms with Gasteiger partial charge in [0.05, 0.1) is 5.69 Å². The van der Waals surface area contributed by atoms with Gasteiger partial charge in [0.25, 0.3) is 0 Å². The molecule has 4 rings (SSSR count). The first-order valence-corrected chi connectivity index (χ1v) is 10.8. The highest BCUT2D eigenvalue weighted by Crippen LogP contribution is 2.33. The number of aryl methyl sites for hydroxylation is 1. The van der Waals surface area contributed by atoms with Crippen LogP contribution in [0.5, 0.6) is 0 Å². The molecular formula is C24H27N5O3. The molecule has 1 aliphatic carbocycles. The second kappa shape index (κ2) is 8.53. The summed E-state index contributed by atoms with van der Waals surface area (Å²) in [5.74, 6) is 0.407. The van der Waals surface area contributed by atoms with Crippen molar-refractivity contribution in [1.82, 2.24) is 15.2 Å². The molecule has 0 bridgehead atoms. The number of benzene rings is 1. The van der Waals surface area contributed by atoms with Crippen molar-refractivity contribution >= 4 is 34.4 Å². The van der Waals surface area contributed by atoms with Gasteiger partial charge >= 0.3 is 6.09 Å². The van der Waals surface area contributed by atoms with Crippen LogP contribution in [0.25, 0.3) is 22.0 Å². The maximum atomic E-state index is 12.5. The van der Waals surface area contributed by atoms with E-state index < -0.39 is 11.7 Å². The Kier molecular flexibility index (Phi) is 5.78. The molecule has 1 aliphatic rings. The monoisotopic (exact) mass is 433 g/mol. The van der Waals surface area contributed by atoms with Crippen molar-refractivity contribution in [3.05, 3.63) is 42.2 Å². The van der Waals surface area contributed by atoms with Gasteiger partial charge in [0.1, 0.15) is 11.1 Å². The number of hydrogen-bond acceptors (Lipinski definition) is 6. The smallest absolute Gasteiger partial charge is 0.412 e. The molecule has 8 nitrogen and oxygen atoms in total. The van der Waals surface area contributed by atoms with E-state index in [1.165, 1.54) is 0 Å². The zero-order valence-corrected chi connectivity index (χ0v) is 18.7. The molecule has 3 aromatic rings. The lowest BCUT2D eigenvalue weighted by atomic mass is 9.98. The molecule has 166 valence electrons. The molecule has 2 N–H and O–H groups in total. The lowest BCUT2D eigenvalue weighted by Gasteiger charge is -2.20. The van der Waals surface area contributed by atoms with Gasteiger partial charge < -0.3 is 10.1 Å². The fourth-order valence-corrected chi connectivity index (χ4v) is 3.45. The third-order valence-corrected chi connectivity index (χ3v) is 5.13. The topological polar surface area (TPSA) is 106 Å². The molecule has 1 saturated carbocycles. The molecule has 2 amide bonds. The summed E-state index contributed by atoms with van der Waals surface area (Å²) < 4.78 is 5.42. The summed E-state index contributed by atoms with van der Waals surface area (Å²) in [6.45, 7) is 7.49. The second-order valence-electron chi connectivity index (χ2n) is 8.97. The zero-order chi connectivity index (χ0) is 22.9. The number of nitrogens with one attached hydrogen (secondary N) is 2. The molecular weight excluding hydrogens is 406 g/mol. The Hall–Kier alpha value is -3.55. The molecule has 0 atom stereocenters. The summed E-state index contributed by atoms with van der Waals surface area (Å²) in [6.07, 6.45) is 5.64. The van der Waals surface area contributed by atoms with E-state index in [9.17, 15) is 9.59 Å². The van der Waals surface area contributed by atoms with Gasteiger partial charge in [-0.2, -0.15) is 0 Å². The first-order valence-electron chi connectivity index (χ1n) is 10.8. The molecule has 8 heteroatoms. The molecule has 2 heterocycles. The molecule has 1 aromatic carbocycles. The fraction of sp³-hybridized carbons (Fsp3) is 0.375. The molecule has 1 fully saturated rings. The lowest BCUT2D eigenvalue weighted by molar-refractivity contribution is -0.117. The van der Waals surface area contributed by atoms with Crippen LogP contribution in [0.3, 0.4) is 0 Å². The van der Waals surface area contributed by atoms with Crippen LogP contribution in [0.2, 0.25) is 0 Å². The van der Waals surface area contributed by atoms with Crippen LogP contribution < -0.4 is 10.6 Å². The van der Waals surface area contributed by atoms with Crippen LogP contribution in [0, 0.1) is 5.92 Å².